The van der Waals surface area contributed by atoms with Crippen molar-refractivity contribution in [3.05, 3.63) is 34.4 Å². The van der Waals surface area contributed by atoms with Crippen molar-refractivity contribution in [2.75, 3.05) is 0 Å². The molecule has 0 unspecified atom stereocenters. The summed E-state index contributed by atoms with van der Waals surface area (Å²) in [7, 11) is 0. The van der Waals surface area contributed by atoms with Crippen molar-refractivity contribution in [1.82, 2.24) is 9.97 Å². The fraction of sp³-hybridized carbons (Fsp3) is 0.273. The second kappa shape index (κ2) is 3.85. The van der Waals surface area contributed by atoms with Gasteiger partial charge in [-0.2, -0.15) is 0 Å². The first-order valence-electron chi connectivity index (χ1n) is 4.71. The highest BCUT2D eigenvalue weighted by molar-refractivity contribution is 9.10. The maximum absolute atomic E-state index is 13.5. The molecule has 2 aromatic rings. The number of halogens is 2. The molecule has 2 rings (SSSR count). The van der Waals surface area contributed by atoms with Gasteiger partial charge in [-0.25, -0.2) is 14.4 Å². The van der Waals surface area contributed by atoms with Gasteiger partial charge in [0.2, 0.25) is 0 Å². The van der Waals surface area contributed by atoms with E-state index in [1.807, 2.05) is 13.8 Å². The van der Waals surface area contributed by atoms with Gasteiger partial charge in [0.1, 0.15) is 16.2 Å². The van der Waals surface area contributed by atoms with Crippen molar-refractivity contribution in [1.29, 1.82) is 0 Å². The van der Waals surface area contributed by atoms with Crippen molar-refractivity contribution in [2.24, 2.45) is 0 Å². The summed E-state index contributed by atoms with van der Waals surface area (Å²) in [5.41, 5.74) is 0.639. The second-order valence-corrected chi connectivity index (χ2v) is 4.41. The molecule has 0 radical (unpaired) electrons. The molecular formula is C11H10BrFN2. The molecule has 0 fully saturated rings. The quantitative estimate of drug-likeness (QED) is 0.738. The van der Waals surface area contributed by atoms with Crippen LogP contribution in [0, 0.1) is 5.82 Å². The Balaban J connectivity index is 2.78. The molecular weight excluding hydrogens is 259 g/mol. The third-order valence-electron chi connectivity index (χ3n) is 2.16. The Morgan fingerprint density at radius 1 is 1.27 bits per heavy atom. The Morgan fingerprint density at radius 3 is 2.67 bits per heavy atom. The molecule has 4 heteroatoms. The van der Waals surface area contributed by atoms with Crippen LogP contribution in [0.4, 0.5) is 4.39 Å². The van der Waals surface area contributed by atoms with E-state index in [0.29, 0.717) is 15.5 Å². The van der Waals surface area contributed by atoms with Crippen LogP contribution in [0.5, 0.6) is 0 Å². The van der Waals surface area contributed by atoms with E-state index in [-0.39, 0.29) is 11.7 Å². The fourth-order valence-corrected chi connectivity index (χ4v) is 1.95. The fourth-order valence-electron chi connectivity index (χ4n) is 1.37. The molecule has 1 heterocycles. The average molecular weight is 269 g/mol. The smallest absolute Gasteiger partial charge is 0.135 e. The van der Waals surface area contributed by atoms with Gasteiger partial charge in [-0.1, -0.05) is 19.9 Å². The molecule has 0 aliphatic carbocycles. The lowest BCUT2D eigenvalue weighted by molar-refractivity contribution is 0.637. The summed E-state index contributed by atoms with van der Waals surface area (Å²) in [5, 5.41) is 0.446. The number of nitrogens with zero attached hydrogens (tertiary/aromatic N) is 2. The number of hydrogen-bond acceptors (Lipinski definition) is 2. The lowest BCUT2D eigenvalue weighted by Gasteiger charge is -2.07. The van der Waals surface area contributed by atoms with Crippen LogP contribution in [0.2, 0.25) is 0 Å². The van der Waals surface area contributed by atoms with Crippen molar-refractivity contribution in [2.45, 2.75) is 19.8 Å². The third-order valence-corrected chi connectivity index (χ3v) is 2.74. The zero-order valence-electron chi connectivity index (χ0n) is 8.46. The van der Waals surface area contributed by atoms with Gasteiger partial charge in [0.25, 0.3) is 0 Å². The number of fused-ring (bicyclic) bond motifs is 1. The Kier molecular flexibility index (Phi) is 2.69. The molecule has 0 spiro atoms. The van der Waals surface area contributed by atoms with Gasteiger partial charge in [0, 0.05) is 5.92 Å². The predicted octanol–water partition coefficient (Wildman–Crippen LogP) is 3.65. The van der Waals surface area contributed by atoms with Crippen molar-refractivity contribution in [3.63, 3.8) is 0 Å². The van der Waals surface area contributed by atoms with E-state index < -0.39 is 0 Å². The monoisotopic (exact) mass is 268 g/mol. The van der Waals surface area contributed by atoms with Gasteiger partial charge < -0.3 is 0 Å². The summed E-state index contributed by atoms with van der Waals surface area (Å²) in [6.45, 7) is 4.01. The van der Waals surface area contributed by atoms with E-state index in [4.69, 9.17) is 0 Å². The van der Waals surface area contributed by atoms with Crippen LogP contribution in [0.15, 0.2) is 22.8 Å². The largest absolute Gasteiger partial charge is 0.232 e. The summed E-state index contributed by atoms with van der Waals surface area (Å²) >= 11 is 3.28. The Bertz CT molecular complexity index is 511. The maximum atomic E-state index is 13.5. The molecule has 0 N–H and O–H groups in total. The zero-order chi connectivity index (χ0) is 11.0. The van der Waals surface area contributed by atoms with Crippen LogP contribution in [-0.4, -0.2) is 9.97 Å². The molecule has 0 aliphatic heterocycles. The number of benzene rings is 1. The second-order valence-electron chi connectivity index (χ2n) is 3.66. The number of hydrogen-bond donors (Lipinski definition) is 0. The molecule has 78 valence electrons. The van der Waals surface area contributed by atoms with Crippen molar-refractivity contribution >= 4 is 26.8 Å². The zero-order valence-corrected chi connectivity index (χ0v) is 10.0. The van der Waals surface area contributed by atoms with E-state index >= 15 is 0 Å². The normalized spacial score (nSPS) is 11.3. The van der Waals surface area contributed by atoms with Gasteiger partial charge >= 0.3 is 0 Å². The summed E-state index contributed by atoms with van der Waals surface area (Å²) in [5.74, 6) is 0.656. The molecule has 0 bridgehead atoms. The van der Waals surface area contributed by atoms with E-state index in [2.05, 4.69) is 25.9 Å². The van der Waals surface area contributed by atoms with Gasteiger partial charge in [0.15, 0.2) is 0 Å². The van der Waals surface area contributed by atoms with E-state index in [9.17, 15) is 4.39 Å². The maximum Gasteiger partial charge on any atom is 0.135 e. The van der Waals surface area contributed by atoms with Crippen LogP contribution in [-0.2, 0) is 0 Å². The molecule has 0 amide bonds. The minimum atomic E-state index is -0.297. The first kappa shape index (κ1) is 10.5. The molecule has 0 atom stereocenters. The summed E-state index contributed by atoms with van der Waals surface area (Å²) in [6, 6.07) is 4.85. The standard InChI is InChI=1S/C11H10BrFN2/c1-6(2)11-14-8-5-3-4-7(13)9(8)10(12)15-11/h3-6H,1-2H3. The number of aromatic nitrogens is 2. The molecule has 2 nitrogen and oxygen atoms in total. The topological polar surface area (TPSA) is 25.8 Å². The lowest BCUT2D eigenvalue weighted by Crippen LogP contribution is -1.99. The van der Waals surface area contributed by atoms with Gasteiger partial charge in [0.05, 0.1) is 10.9 Å². The van der Waals surface area contributed by atoms with Crippen LogP contribution in [0.25, 0.3) is 10.9 Å². The van der Waals surface area contributed by atoms with Crippen LogP contribution in [0.1, 0.15) is 25.6 Å². The van der Waals surface area contributed by atoms with Crippen LogP contribution >= 0.6 is 15.9 Å². The lowest BCUT2D eigenvalue weighted by atomic mass is 10.2. The van der Waals surface area contributed by atoms with Crippen LogP contribution < -0.4 is 0 Å². The minimum Gasteiger partial charge on any atom is -0.232 e. The van der Waals surface area contributed by atoms with Crippen molar-refractivity contribution in [3.8, 4) is 0 Å². The first-order valence-corrected chi connectivity index (χ1v) is 5.50. The minimum absolute atomic E-state index is 0.231. The number of rotatable bonds is 1. The average Bonchev–Trinajstić information content (AvgIpc) is 2.17. The molecule has 0 aliphatic rings. The predicted molar refractivity (Wildman–Crippen MR) is 61.3 cm³/mol. The van der Waals surface area contributed by atoms with E-state index in [1.54, 1.807) is 12.1 Å². The van der Waals surface area contributed by atoms with Gasteiger partial charge in [-0.05, 0) is 28.1 Å². The van der Waals surface area contributed by atoms with Crippen molar-refractivity contribution < 1.29 is 4.39 Å². The Labute approximate surface area is 95.7 Å². The third kappa shape index (κ3) is 1.86. The molecule has 1 aromatic heterocycles. The summed E-state index contributed by atoms with van der Waals surface area (Å²) in [4.78, 5) is 8.54. The van der Waals surface area contributed by atoms with E-state index in [0.717, 1.165) is 5.82 Å². The Morgan fingerprint density at radius 2 is 2.00 bits per heavy atom. The highest BCUT2D eigenvalue weighted by atomic mass is 79.9. The first-order chi connectivity index (χ1) is 7.09. The molecule has 15 heavy (non-hydrogen) atoms. The highest BCUT2D eigenvalue weighted by Gasteiger charge is 2.11. The molecule has 0 saturated carbocycles. The highest BCUT2D eigenvalue weighted by Crippen LogP contribution is 2.25. The van der Waals surface area contributed by atoms with Gasteiger partial charge in [-0.15, -0.1) is 0 Å². The van der Waals surface area contributed by atoms with Gasteiger partial charge in [-0.3, -0.25) is 0 Å². The Hall–Kier alpha value is -1.03. The summed E-state index contributed by atoms with van der Waals surface area (Å²) in [6.07, 6.45) is 0. The molecule has 1 aromatic carbocycles. The summed E-state index contributed by atoms with van der Waals surface area (Å²) < 4.78 is 14.0. The SMILES string of the molecule is CC(C)c1nc(Br)c2c(F)cccc2n1. The van der Waals surface area contributed by atoms with E-state index in [1.165, 1.54) is 6.07 Å². The van der Waals surface area contributed by atoms with Crippen LogP contribution in [0.3, 0.4) is 0 Å². The molecule has 0 saturated heterocycles.